The number of rotatable bonds is 5. The summed E-state index contributed by atoms with van der Waals surface area (Å²) in [6.07, 6.45) is 0.990. The quantitative estimate of drug-likeness (QED) is 0.872. The molecule has 0 aliphatic carbocycles. The van der Waals surface area contributed by atoms with Gasteiger partial charge in [-0.2, -0.15) is 0 Å². The molecule has 0 spiro atoms. The lowest BCUT2D eigenvalue weighted by molar-refractivity contribution is 0.282. The third-order valence-electron chi connectivity index (χ3n) is 3.68. The molecule has 0 radical (unpaired) electrons. The van der Waals surface area contributed by atoms with E-state index in [9.17, 15) is 0 Å². The lowest BCUT2D eigenvalue weighted by atomic mass is 10.1. The molecule has 0 fully saturated rings. The second-order valence-corrected chi connectivity index (χ2v) is 6.15. The summed E-state index contributed by atoms with van der Waals surface area (Å²) >= 11 is 3.56. The zero-order valence-corrected chi connectivity index (χ0v) is 13.3. The van der Waals surface area contributed by atoms with Crippen LogP contribution >= 0.6 is 15.9 Å². The van der Waals surface area contributed by atoms with Crippen molar-refractivity contribution in [3.8, 4) is 5.75 Å². The van der Waals surface area contributed by atoms with Crippen molar-refractivity contribution in [2.24, 2.45) is 0 Å². The summed E-state index contributed by atoms with van der Waals surface area (Å²) in [6, 6.07) is 12.3. The second-order valence-electron chi connectivity index (χ2n) is 5.23. The summed E-state index contributed by atoms with van der Waals surface area (Å²) in [7, 11) is 0. The molecule has 1 aliphatic heterocycles. The van der Waals surface area contributed by atoms with Gasteiger partial charge in [-0.25, -0.2) is 0 Å². The summed E-state index contributed by atoms with van der Waals surface area (Å²) in [5, 5.41) is 12.5. The first-order valence-corrected chi connectivity index (χ1v) is 7.89. The van der Waals surface area contributed by atoms with Gasteiger partial charge in [-0.3, -0.25) is 0 Å². The molecule has 0 saturated carbocycles. The summed E-state index contributed by atoms with van der Waals surface area (Å²) in [5.74, 6) is 1.04. The number of benzene rings is 2. The predicted octanol–water partition coefficient (Wildman–Crippen LogP) is 3.17. The molecule has 2 aromatic carbocycles. The molecule has 0 aromatic heterocycles. The number of ether oxygens (including phenoxy) is 1. The Labute approximate surface area is 133 Å². The summed E-state index contributed by atoms with van der Waals surface area (Å²) in [5.41, 5.74) is 4.63. The minimum atomic E-state index is 0.0925. The normalized spacial score (nSPS) is 13.0. The highest BCUT2D eigenvalue weighted by Crippen LogP contribution is 2.32. The monoisotopic (exact) mass is 347 g/mol. The van der Waals surface area contributed by atoms with Crippen LogP contribution in [0.4, 0.5) is 0 Å². The van der Waals surface area contributed by atoms with Crippen LogP contribution < -0.4 is 10.1 Å². The topological polar surface area (TPSA) is 41.5 Å². The number of aliphatic hydroxyl groups excluding tert-OH is 1. The molecule has 1 aliphatic rings. The van der Waals surface area contributed by atoms with Gasteiger partial charge in [0.05, 0.1) is 13.2 Å². The number of hydrogen-bond acceptors (Lipinski definition) is 3. The van der Waals surface area contributed by atoms with Crippen LogP contribution in [-0.4, -0.2) is 11.7 Å². The van der Waals surface area contributed by atoms with Gasteiger partial charge in [0, 0.05) is 29.5 Å². The van der Waals surface area contributed by atoms with Crippen LogP contribution in [0.5, 0.6) is 5.75 Å². The van der Waals surface area contributed by atoms with Crippen molar-refractivity contribution in [2.45, 2.75) is 26.1 Å². The van der Waals surface area contributed by atoms with Gasteiger partial charge in [0.15, 0.2) is 0 Å². The summed E-state index contributed by atoms with van der Waals surface area (Å²) < 4.78 is 6.84. The first-order chi connectivity index (χ1) is 10.3. The minimum Gasteiger partial charge on any atom is -0.493 e. The highest BCUT2D eigenvalue weighted by Gasteiger charge is 2.16. The van der Waals surface area contributed by atoms with Crippen molar-refractivity contribution < 1.29 is 9.84 Å². The first-order valence-electron chi connectivity index (χ1n) is 7.10. The fourth-order valence-electron chi connectivity index (χ4n) is 2.58. The maximum absolute atomic E-state index is 9.03. The fraction of sp³-hybridized carbons (Fsp3) is 0.294. The lowest BCUT2D eigenvalue weighted by Crippen LogP contribution is -2.13. The molecule has 0 amide bonds. The van der Waals surface area contributed by atoms with E-state index in [4.69, 9.17) is 9.84 Å². The number of aliphatic hydroxyl groups is 1. The molecule has 0 saturated heterocycles. The second kappa shape index (κ2) is 6.60. The van der Waals surface area contributed by atoms with Gasteiger partial charge >= 0.3 is 0 Å². The Balaban J connectivity index is 1.63. The number of halogens is 1. The van der Waals surface area contributed by atoms with Crippen LogP contribution in [0, 0.1) is 0 Å². The standard InChI is InChI=1S/C17H18BrNO2/c18-16-7-14-5-6-21-17(14)15(8-16)10-19-9-12-1-3-13(11-20)4-2-12/h1-4,7-8,19-20H,5-6,9-11H2. The summed E-state index contributed by atoms with van der Waals surface area (Å²) in [6.45, 7) is 2.45. The average Bonchev–Trinajstić information content (AvgIpc) is 2.96. The van der Waals surface area contributed by atoms with E-state index in [2.05, 4.69) is 33.4 Å². The number of nitrogens with one attached hydrogen (secondary N) is 1. The molecular formula is C17H18BrNO2. The Bertz CT molecular complexity index is 625. The minimum absolute atomic E-state index is 0.0925. The number of hydrogen-bond donors (Lipinski definition) is 2. The van der Waals surface area contributed by atoms with Crippen LogP contribution in [0.2, 0.25) is 0 Å². The molecule has 2 N–H and O–H groups in total. The third kappa shape index (κ3) is 3.46. The van der Waals surface area contributed by atoms with Gasteiger partial charge < -0.3 is 15.2 Å². The van der Waals surface area contributed by atoms with Crippen LogP contribution in [0.25, 0.3) is 0 Å². The smallest absolute Gasteiger partial charge is 0.127 e. The molecule has 21 heavy (non-hydrogen) atoms. The van der Waals surface area contributed by atoms with Crippen LogP contribution in [0.15, 0.2) is 40.9 Å². The first kappa shape index (κ1) is 14.6. The maximum Gasteiger partial charge on any atom is 0.127 e. The Morgan fingerprint density at radius 3 is 2.62 bits per heavy atom. The van der Waals surface area contributed by atoms with E-state index in [0.29, 0.717) is 0 Å². The van der Waals surface area contributed by atoms with Crippen molar-refractivity contribution in [3.63, 3.8) is 0 Å². The van der Waals surface area contributed by atoms with Crippen molar-refractivity contribution >= 4 is 15.9 Å². The Morgan fingerprint density at radius 2 is 1.86 bits per heavy atom. The van der Waals surface area contributed by atoms with E-state index in [0.717, 1.165) is 41.9 Å². The molecule has 3 rings (SSSR count). The van der Waals surface area contributed by atoms with Crippen LogP contribution in [0.1, 0.15) is 22.3 Å². The van der Waals surface area contributed by atoms with Gasteiger partial charge in [0.2, 0.25) is 0 Å². The zero-order chi connectivity index (χ0) is 14.7. The molecule has 4 heteroatoms. The highest BCUT2D eigenvalue weighted by molar-refractivity contribution is 9.10. The SMILES string of the molecule is OCc1ccc(CNCc2cc(Br)cc3c2OCC3)cc1. The van der Waals surface area contributed by atoms with E-state index in [-0.39, 0.29) is 6.61 Å². The van der Waals surface area contributed by atoms with Crippen LogP contribution in [-0.2, 0) is 26.1 Å². The molecule has 110 valence electrons. The molecule has 1 heterocycles. The van der Waals surface area contributed by atoms with Gasteiger partial charge in [-0.15, -0.1) is 0 Å². The molecule has 0 unspecified atom stereocenters. The van der Waals surface area contributed by atoms with E-state index in [1.165, 1.54) is 16.7 Å². The molecule has 0 atom stereocenters. The van der Waals surface area contributed by atoms with Gasteiger partial charge in [-0.1, -0.05) is 40.2 Å². The van der Waals surface area contributed by atoms with E-state index >= 15 is 0 Å². The van der Waals surface area contributed by atoms with Gasteiger partial charge in [0.25, 0.3) is 0 Å². The van der Waals surface area contributed by atoms with E-state index in [1.807, 2.05) is 24.3 Å². The summed E-state index contributed by atoms with van der Waals surface area (Å²) in [4.78, 5) is 0. The molecule has 0 bridgehead atoms. The van der Waals surface area contributed by atoms with Crippen LogP contribution in [0.3, 0.4) is 0 Å². The molecular weight excluding hydrogens is 330 g/mol. The van der Waals surface area contributed by atoms with Gasteiger partial charge in [0.1, 0.15) is 5.75 Å². The van der Waals surface area contributed by atoms with Crippen molar-refractivity contribution in [1.82, 2.24) is 5.32 Å². The maximum atomic E-state index is 9.03. The molecule has 2 aromatic rings. The van der Waals surface area contributed by atoms with Gasteiger partial charge in [-0.05, 0) is 28.8 Å². The Kier molecular flexibility index (Phi) is 4.58. The fourth-order valence-corrected chi connectivity index (χ4v) is 3.13. The van der Waals surface area contributed by atoms with E-state index in [1.54, 1.807) is 0 Å². The third-order valence-corrected chi connectivity index (χ3v) is 4.13. The Morgan fingerprint density at radius 1 is 1.10 bits per heavy atom. The van der Waals surface area contributed by atoms with E-state index < -0.39 is 0 Å². The zero-order valence-electron chi connectivity index (χ0n) is 11.7. The largest absolute Gasteiger partial charge is 0.493 e. The average molecular weight is 348 g/mol. The molecule has 3 nitrogen and oxygen atoms in total. The highest BCUT2D eigenvalue weighted by atomic mass is 79.9. The Hall–Kier alpha value is -1.36. The number of fused-ring (bicyclic) bond motifs is 1. The lowest BCUT2D eigenvalue weighted by Gasteiger charge is -2.10. The van der Waals surface area contributed by atoms with Crippen molar-refractivity contribution in [1.29, 1.82) is 0 Å². The predicted molar refractivity (Wildman–Crippen MR) is 86.2 cm³/mol. The van der Waals surface area contributed by atoms with Crippen molar-refractivity contribution in [2.75, 3.05) is 6.61 Å². The van der Waals surface area contributed by atoms with Crippen molar-refractivity contribution in [3.05, 3.63) is 63.1 Å².